The number of carbonyl (C=O) groups excluding carboxylic acids is 1. The van der Waals surface area contributed by atoms with Crippen molar-refractivity contribution in [1.82, 2.24) is 5.32 Å². The molecule has 2 rings (SSSR count). The lowest BCUT2D eigenvalue weighted by molar-refractivity contribution is -0.385. The van der Waals surface area contributed by atoms with Gasteiger partial charge in [0, 0.05) is 10.9 Å². The fourth-order valence-electron chi connectivity index (χ4n) is 1.52. The number of nitro groups is 1. The molecule has 2 aromatic rings. The summed E-state index contributed by atoms with van der Waals surface area (Å²) >= 11 is 1.54. The van der Waals surface area contributed by atoms with Crippen LogP contribution < -0.4 is 10.1 Å². The number of hydrogen-bond donors (Lipinski definition) is 1. The molecule has 0 unspecified atom stereocenters. The fraction of sp³-hybridized carbons (Fsp3) is 0.154. The van der Waals surface area contributed by atoms with Crippen molar-refractivity contribution < 1.29 is 14.5 Å². The number of nitrogens with zero attached hydrogens (tertiary/aromatic N) is 1. The quantitative estimate of drug-likeness (QED) is 0.654. The minimum Gasteiger partial charge on any atom is -0.477 e. The summed E-state index contributed by atoms with van der Waals surface area (Å²) < 4.78 is 5.18. The summed E-state index contributed by atoms with van der Waals surface area (Å²) in [5, 5.41) is 15.4. The van der Waals surface area contributed by atoms with Gasteiger partial charge in [-0.2, -0.15) is 0 Å². The van der Waals surface area contributed by atoms with Crippen LogP contribution in [0.15, 0.2) is 41.8 Å². The molecule has 0 saturated heterocycles. The molecule has 0 atom stereocenters. The molecule has 0 aliphatic heterocycles. The van der Waals surface area contributed by atoms with Gasteiger partial charge in [-0.25, -0.2) is 0 Å². The van der Waals surface area contributed by atoms with Crippen LogP contribution in [-0.2, 0) is 11.3 Å². The van der Waals surface area contributed by atoms with Crippen molar-refractivity contribution in [3.8, 4) is 5.75 Å². The van der Waals surface area contributed by atoms with Crippen molar-refractivity contribution in [2.45, 2.75) is 6.54 Å². The molecule has 6 nitrogen and oxygen atoms in total. The highest BCUT2D eigenvalue weighted by atomic mass is 32.1. The number of nitrogens with one attached hydrogen (secondary N) is 1. The Bertz CT molecular complexity index is 598. The third kappa shape index (κ3) is 3.79. The normalized spacial score (nSPS) is 10.0. The molecule has 104 valence electrons. The van der Waals surface area contributed by atoms with Crippen LogP contribution >= 0.6 is 11.3 Å². The van der Waals surface area contributed by atoms with E-state index in [4.69, 9.17) is 4.74 Å². The average Bonchev–Trinajstić information content (AvgIpc) is 2.96. The number of para-hydroxylation sites is 2. The van der Waals surface area contributed by atoms with E-state index in [-0.39, 0.29) is 24.0 Å². The van der Waals surface area contributed by atoms with Crippen molar-refractivity contribution in [2.75, 3.05) is 6.61 Å². The van der Waals surface area contributed by atoms with Crippen molar-refractivity contribution in [2.24, 2.45) is 0 Å². The molecule has 0 spiro atoms. The zero-order valence-electron chi connectivity index (χ0n) is 10.4. The first kappa shape index (κ1) is 14.0. The van der Waals surface area contributed by atoms with E-state index in [1.54, 1.807) is 23.5 Å². The van der Waals surface area contributed by atoms with Gasteiger partial charge in [-0.05, 0) is 17.5 Å². The lowest BCUT2D eigenvalue weighted by atomic mass is 10.3. The van der Waals surface area contributed by atoms with Gasteiger partial charge in [-0.15, -0.1) is 11.3 Å². The third-order valence-corrected chi connectivity index (χ3v) is 3.34. The first-order valence-electron chi connectivity index (χ1n) is 5.82. The van der Waals surface area contributed by atoms with Gasteiger partial charge in [0.15, 0.2) is 12.4 Å². The highest BCUT2D eigenvalue weighted by Gasteiger charge is 2.14. The average molecular weight is 292 g/mol. The van der Waals surface area contributed by atoms with Gasteiger partial charge in [-0.3, -0.25) is 14.9 Å². The molecule has 20 heavy (non-hydrogen) atoms. The summed E-state index contributed by atoms with van der Waals surface area (Å²) in [7, 11) is 0. The molecule has 1 aromatic heterocycles. The summed E-state index contributed by atoms with van der Waals surface area (Å²) in [4.78, 5) is 22.9. The van der Waals surface area contributed by atoms with Crippen LogP contribution in [0.1, 0.15) is 4.88 Å². The highest BCUT2D eigenvalue weighted by molar-refractivity contribution is 7.09. The van der Waals surface area contributed by atoms with Crippen LogP contribution in [0.25, 0.3) is 0 Å². The number of benzene rings is 1. The smallest absolute Gasteiger partial charge is 0.310 e. The number of hydrogen-bond acceptors (Lipinski definition) is 5. The predicted octanol–water partition coefficient (Wildman–Crippen LogP) is 2.35. The van der Waals surface area contributed by atoms with E-state index in [2.05, 4.69) is 5.32 Å². The molecule has 0 fully saturated rings. The number of thiophene rings is 1. The topological polar surface area (TPSA) is 81.5 Å². The van der Waals surface area contributed by atoms with Crippen molar-refractivity contribution >= 4 is 22.9 Å². The second-order valence-electron chi connectivity index (χ2n) is 3.87. The van der Waals surface area contributed by atoms with E-state index >= 15 is 0 Å². The Morgan fingerprint density at radius 2 is 2.10 bits per heavy atom. The lowest BCUT2D eigenvalue weighted by Crippen LogP contribution is -2.28. The Hall–Kier alpha value is -2.41. The molecule has 7 heteroatoms. The lowest BCUT2D eigenvalue weighted by Gasteiger charge is -2.07. The Morgan fingerprint density at radius 1 is 1.30 bits per heavy atom. The molecular weight excluding hydrogens is 280 g/mol. The second kappa shape index (κ2) is 6.67. The number of amides is 1. The van der Waals surface area contributed by atoms with Gasteiger partial charge in [0.25, 0.3) is 5.91 Å². The number of ether oxygens (including phenoxy) is 1. The summed E-state index contributed by atoms with van der Waals surface area (Å²) in [5.74, 6) is -0.236. The van der Waals surface area contributed by atoms with E-state index in [9.17, 15) is 14.9 Å². The molecule has 1 N–H and O–H groups in total. The van der Waals surface area contributed by atoms with Crippen LogP contribution in [0.5, 0.6) is 5.75 Å². The Balaban J connectivity index is 1.85. The number of nitro benzene ring substituents is 1. The maximum atomic E-state index is 11.6. The third-order valence-electron chi connectivity index (χ3n) is 2.46. The van der Waals surface area contributed by atoms with E-state index < -0.39 is 4.92 Å². The molecule has 0 bridgehead atoms. The molecule has 0 radical (unpaired) electrons. The number of carbonyl (C=O) groups is 1. The van der Waals surface area contributed by atoms with Crippen LogP contribution in [-0.4, -0.2) is 17.4 Å². The van der Waals surface area contributed by atoms with Crippen LogP contribution in [0, 0.1) is 10.1 Å². The molecule has 0 aliphatic rings. The Kier molecular flexibility index (Phi) is 4.67. The van der Waals surface area contributed by atoms with E-state index in [0.29, 0.717) is 6.54 Å². The SMILES string of the molecule is O=C(COc1ccccc1[N+](=O)[O-])NCc1cccs1. The Morgan fingerprint density at radius 3 is 2.80 bits per heavy atom. The van der Waals surface area contributed by atoms with E-state index in [1.165, 1.54) is 12.1 Å². The van der Waals surface area contributed by atoms with Gasteiger partial charge in [0.1, 0.15) is 0 Å². The maximum Gasteiger partial charge on any atom is 0.310 e. The predicted molar refractivity (Wildman–Crippen MR) is 74.8 cm³/mol. The standard InChI is InChI=1S/C13H12N2O4S/c16-13(14-8-10-4-3-7-20-10)9-19-12-6-2-1-5-11(12)15(17)18/h1-7H,8-9H2,(H,14,16). The van der Waals surface area contributed by atoms with E-state index in [1.807, 2.05) is 17.5 Å². The van der Waals surface area contributed by atoms with Gasteiger partial charge in [0.05, 0.1) is 11.5 Å². The molecule has 0 aliphatic carbocycles. The minimum absolute atomic E-state index is 0.0868. The maximum absolute atomic E-state index is 11.6. The zero-order valence-corrected chi connectivity index (χ0v) is 11.3. The van der Waals surface area contributed by atoms with E-state index in [0.717, 1.165) is 4.88 Å². The second-order valence-corrected chi connectivity index (χ2v) is 4.90. The van der Waals surface area contributed by atoms with Gasteiger partial charge in [-0.1, -0.05) is 18.2 Å². The first-order valence-corrected chi connectivity index (χ1v) is 6.70. The summed E-state index contributed by atoms with van der Waals surface area (Å²) in [6.07, 6.45) is 0. The van der Waals surface area contributed by atoms with Gasteiger partial charge in [0.2, 0.25) is 0 Å². The molecule has 1 aromatic carbocycles. The zero-order chi connectivity index (χ0) is 14.4. The van der Waals surface area contributed by atoms with Crippen LogP contribution in [0.3, 0.4) is 0 Å². The summed E-state index contributed by atoms with van der Waals surface area (Å²) in [6, 6.07) is 9.77. The minimum atomic E-state index is -0.543. The van der Waals surface area contributed by atoms with Crippen LogP contribution in [0.4, 0.5) is 5.69 Å². The molecule has 1 amide bonds. The van der Waals surface area contributed by atoms with Gasteiger partial charge < -0.3 is 10.1 Å². The molecule has 1 heterocycles. The van der Waals surface area contributed by atoms with Crippen LogP contribution in [0.2, 0.25) is 0 Å². The summed E-state index contributed by atoms with van der Waals surface area (Å²) in [5.41, 5.74) is -0.154. The molecular formula is C13H12N2O4S. The summed E-state index contributed by atoms with van der Waals surface area (Å²) in [6.45, 7) is 0.174. The Labute approximate surface area is 119 Å². The van der Waals surface area contributed by atoms with Crippen molar-refractivity contribution in [3.63, 3.8) is 0 Å². The largest absolute Gasteiger partial charge is 0.477 e. The molecule has 0 saturated carbocycles. The first-order chi connectivity index (χ1) is 9.66. The number of rotatable bonds is 6. The van der Waals surface area contributed by atoms with Crippen molar-refractivity contribution in [1.29, 1.82) is 0 Å². The monoisotopic (exact) mass is 292 g/mol. The fourth-order valence-corrected chi connectivity index (χ4v) is 2.17. The van der Waals surface area contributed by atoms with Gasteiger partial charge >= 0.3 is 5.69 Å². The van der Waals surface area contributed by atoms with Crippen molar-refractivity contribution in [3.05, 3.63) is 56.8 Å². The highest BCUT2D eigenvalue weighted by Crippen LogP contribution is 2.25.